The van der Waals surface area contributed by atoms with Crippen LogP contribution in [0.15, 0.2) is 54.6 Å². The molecule has 9 nitrogen and oxygen atoms in total. The molecule has 2 fully saturated rings. The second-order valence-electron chi connectivity index (χ2n) is 7.87. The maximum absolute atomic E-state index is 13.6. The molecule has 4 rings (SSSR count). The Morgan fingerprint density at radius 1 is 1.12 bits per heavy atom. The quantitative estimate of drug-likeness (QED) is 0.570. The van der Waals surface area contributed by atoms with E-state index in [1.165, 1.54) is 23.1 Å². The van der Waals surface area contributed by atoms with E-state index >= 15 is 0 Å². The van der Waals surface area contributed by atoms with Crippen LogP contribution in [-0.2, 0) is 37.2 Å². The first-order valence-corrected chi connectivity index (χ1v) is 12.0. The van der Waals surface area contributed by atoms with Gasteiger partial charge in [-0.25, -0.2) is 17.6 Å². The van der Waals surface area contributed by atoms with Gasteiger partial charge in [0.1, 0.15) is 24.5 Å². The number of nitrogens with zero attached hydrogens (tertiary/aromatic N) is 1. The van der Waals surface area contributed by atoms with E-state index in [0.717, 1.165) is 5.56 Å². The Kier molecular flexibility index (Phi) is 6.32. The van der Waals surface area contributed by atoms with Gasteiger partial charge in [0.2, 0.25) is 11.8 Å². The van der Waals surface area contributed by atoms with Crippen molar-refractivity contribution >= 4 is 27.7 Å². The smallest absolute Gasteiger partial charge is 0.408 e. The van der Waals surface area contributed by atoms with E-state index in [2.05, 4.69) is 10.6 Å². The average Bonchev–Trinajstić information content (AvgIpc) is 3.07. The maximum atomic E-state index is 13.6. The molecule has 0 aromatic heterocycles. The predicted molar refractivity (Wildman–Crippen MR) is 115 cm³/mol. The molecule has 2 aromatic carbocycles. The molecule has 0 radical (unpaired) electrons. The summed E-state index contributed by atoms with van der Waals surface area (Å²) >= 11 is 0. The highest BCUT2D eigenvalue weighted by molar-refractivity contribution is 7.92. The number of β-lactam (4-membered cyclic amide) rings is 1. The number of ether oxygens (including phenoxy) is 1. The lowest BCUT2D eigenvalue weighted by Crippen LogP contribution is -2.71. The van der Waals surface area contributed by atoms with Gasteiger partial charge in [-0.3, -0.25) is 9.59 Å². The number of halogens is 1. The monoisotopic (exact) mass is 475 g/mol. The third-order valence-electron chi connectivity index (χ3n) is 5.57. The van der Waals surface area contributed by atoms with E-state index in [4.69, 9.17) is 4.74 Å². The predicted octanol–water partition coefficient (Wildman–Crippen LogP) is 0.745. The molecule has 2 heterocycles. The summed E-state index contributed by atoms with van der Waals surface area (Å²) in [7, 11) is -3.54. The summed E-state index contributed by atoms with van der Waals surface area (Å²) in [5, 5.41) is 3.76. The number of alkyl carbamates (subject to hydrolysis) is 1. The van der Waals surface area contributed by atoms with Crippen LogP contribution in [-0.4, -0.2) is 61.0 Å². The van der Waals surface area contributed by atoms with Crippen molar-refractivity contribution in [2.45, 2.75) is 30.5 Å². The third kappa shape index (κ3) is 4.98. The van der Waals surface area contributed by atoms with Crippen molar-refractivity contribution in [3.8, 4) is 0 Å². The van der Waals surface area contributed by atoms with Crippen molar-refractivity contribution in [1.29, 1.82) is 0 Å². The molecule has 11 heteroatoms. The van der Waals surface area contributed by atoms with Gasteiger partial charge in [0.25, 0.3) is 0 Å². The van der Waals surface area contributed by atoms with Crippen LogP contribution in [0.1, 0.15) is 11.1 Å². The van der Waals surface area contributed by atoms with Crippen LogP contribution in [0.2, 0.25) is 0 Å². The molecule has 3 atom stereocenters. The molecule has 2 N–H and O–H groups in total. The Morgan fingerprint density at radius 2 is 1.85 bits per heavy atom. The first-order chi connectivity index (χ1) is 15.7. The highest BCUT2D eigenvalue weighted by Crippen LogP contribution is 2.31. The fourth-order valence-electron chi connectivity index (χ4n) is 3.91. The maximum Gasteiger partial charge on any atom is 0.408 e. The van der Waals surface area contributed by atoms with Crippen LogP contribution >= 0.6 is 0 Å². The molecule has 2 aliphatic heterocycles. The summed E-state index contributed by atoms with van der Waals surface area (Å²) in [6, 6.07) is 12.0. The highest BCUT2D eigenvalue weighted by atomic mass is 32.2. The molecule has 0 aliphatic carbocycles. The van der Waals surface area contributed by atoms with Crippen molar-refractivity contribution in [3.05, 3.63) is 71.5 Å². The van der Waals surface area contributed by atoms with Crippen LogP contribution in [0.4, 0.5) is 9.18 Å². The SMILES string of the molecule is O=C(N[C@@H](Cc1cccc(F)c1)C(=O)N[C@@H]1C(=O)N2CCS(=O)(=O)[C@@H]12)OCc1ccccc1. The fourth-order valence-corrected chi connectivity index (χ4v) is 5.80. The topological polar surface area (TPSA) is 122 Å². The summed E-state index contributed by atoms with van der Waals surface area (Å²) < 4.78 is 43.1. The van der Waals surface area contributed by atoms with Gasteiger partial charge in [-0.1, -0.05) is 42.5 Å². The molecule has 2 aromatic rings. The molecule has 3 amide bonds. The standard InChI is InChI=1S/C22H22FN3O6S/c23-16-8-4-7-15(11-16)12-17(24-22(29)32-13-14-5-2-1-3-6-14)19(27)25-18-20(28)26-9-10-33(30,31)21(18)26/h1-8,11,17-18,21H,9-10,12-13H2,(H,24,29)(H,25,27)/t17-,18+,21-/m0/s1. The first-order valence-electron chi connectivity index (χ1n) is 10.3. The van der Waals surface area contributed by atoms with E-state index < -0.39 is 51.0 Å². The largest absolute Gasteiger partial charge is 0.445 e. The number of hydrogen-bond donors (Lipinski definition) is 2. The minimum atomic E-state index is -3.54. The van der Waals surface area contributed by atoms with Crippen LogP contribution in [0.25, 0.3) is 0 Å². The fraction of sp³-hybridized carbons (Fsp3) is 0.318. The van der Waals surface area contributed by atoms with Crippen molar-refractivity contribution in [3.63, 3.8) is 0 Å². The lowest BCUT2D eigenvalue weighted by molar-refractivity contribution is -0.147. The van der Waals surface area contributed by atoms with E-state index in [9.17, 15) is 27.2 Å². The Morgan fingerprint density at radius 3 is 2.58 bits per heavy atom. The third-order valence-corrected chi connectivity index (χ3v) is 7.59. The van der Waals surface area contributed by atoms with Gasteiger partial charge in [-0.2, -0.15) is 0 Å². The summed E-state index contributed by atoms with van der Waals surface area (Å²) in [5.41, 5.74) is 1.17. The molecular formula is C22H22FN3O6S. The Balaban J connectivity index is 1.45. The van der Waals surface area contributed by atoms with Crippen LogP contribution in [0, 0.1) is 5.82 Å². The number of sulfone groups is 1. The minimum absolute atomic E-state index is 0.0304. The number of benzene rings is 2. The molecule has 0 unspecified atom stereocenters. The number of carbonyl (C=O) groups is 3. The summed E-state index contributed by atoms with van der Waals surface area (Å²) in [6.45, 7) is 0.0619. The van der Waals surface area contributed by atoms with Crippen LogP contribution in [0.3, 0.4) is 0 Å². The minimum Gasteiger partial charge on any atom is -0.445 e. The van der Waals surface area contributed by atoms with Crippen LogP contribution in [0.5, 0.6) is 0 Å². The zero-order valence-corrected chi connectivity index (χ0v) is 18.3. The Labute approximate surface area is 189 Å². The van der Waals surface area contributed by atoms with E-state index in [0.29, 0.717) is 5.56 Å². The van der Waals surface area contributed by atoms with Gasteiger partial charge in [-0.05, 0) is 23.3 Å². The molecule has 0 saturated carbocycles. The molecule has 2 aliphatic rings. The van der Waals surface area contributed by atoms with Gasteiger partial charge in [-0.15, -0.1) is 0 Å². The first kappa shape index (κ1) is 22.7. The molecule has 33 heavy (non-hydrogen) atoms. The van der Waals surface area contributed by atoms with Crippen molar-refractivity contribution in [1.82, 2.24) is 15.5 Å². The second-order valence-corrected chi connectivity index (χ2v) is 10.1. The van der Waals surface area contributed by atoms with Crippen molar-refractivity contribution in [2.75, 3.05) is 12.3 Å². The van der Waals surface area contributed by atoms with E-state index in [1.54, 1.807) is 30.3 Å². The van der Waals surface area contributed by atoms with Crippen LogP contribution < -0.4 is 10.6 Å². The van der Waals surface area contributed by atoms with E-state index in [1.807, 2.05) is 6.07 Å². The lowest BCUT2D eigenvalue weighted by atomic mass is 10.0. The van der Waals surface area contributed by atoms with Crippen molar-refractivity contribution < 1.29 is 31.9 Å². The number of carbonyl (C=O) groups excluding carboxylic acids is 3. The summed E-state index contributed by atoms with van der Waals surface area (Å²) in [6.07, 6.45) is -0.975. The second kappa shape index (κ2) is 9.18. The lowest BCUT2D eigenvalue weighted by Gasteiger charge is -2.41. The molecule has 174 valence electrons. The van der Waals surface area contributed by atoms with Gasteiger partial charge in [0.05, 0.1) is 5.75 Å². The highest BCUT2D eigenvalue weighted by Gasteiger charge is 2.59. The van der Waals surface area contributed by atoms with Crippen molar-refractivity contribution in [2.24, 2.45) is 0 Å². The number of amides is 3. The number of nitrogens with one attached hydrogen (secondary N) is 2. The van der Waals surface area contributed by atoms with Gasteiger partial charge in [0.15, 0.2) is 15.2 Å². The molecule has 2 saturated heterocycles. The number of fused-ring (bicyclic) bond motifs is 1. The van der Waals surface area contributed by atoms with Gasteiger partial charge < -0.3 is 20.3 Å². The number of hydrogen-bond acceptors (Lipinski definition) is 6. The Bertz CT molecular complexity index is 1170. The average molecular weight is 475 g/mol. The van der Waals surface area contributed by atoms with Gasteiger partial charge >= 0.3 is 6.09 Å². The molecule has 0 bridgehead atoms. The zero-order valence-electron chi connectivity index (χ0n) is 17.4. The molecule has 0 spiro atoms. The summed E-state index contributed by atoms with van der Waals surface area (Å²) in [5.74, 6) is -1.94. The van der Waals surface area contributed by atoms with Gasteiger partial charge in [0, 0.05) is 13.0 Å². The number of rotatable bonds is 7. The normalized spacial score (nSPS) is 21.5. The zero-order chi connectivity index (χ0) is 23.6. The summed E-state index contributed by atoms with van der Waals surface area (Å²) in [4.78, 5) is 38.8. The Hall–Kier alpha value is -3.47. The van der Waals surface area contributed by atoms with E-state index in [-0.39, 0.29) is 25.3 Å². The molecular weight excluding hydrogens is 453 g/mol.